The fourth-order valence-electron chi connectivity index (χ4n) is 1.18. The van der Waals surface area contributed by atoms with E-state index in [-0.39, 0.29) is 18.0 Å². The van der Waals surface area contributed by atoms with Crippen LogP contribution in [0, 0.1) is 6.92 Å². The fourth-order valence-corrected chi connectivity index (χ4v) is 2.27. The molecule has 1 aromatic rings. The average molecular weight is 277 g/mol. The predicted molar refractivity (Wildman–Crippen MR) is 61.4 cm³/mol. The molecule has 102 valence electrons. The minimum Gasteiger partial charge on any atom is -0.479 e. The molecule has 9 heteroatoms. The topological polar surface area (TPSA) is 122 Å². The SMILES string of the molecule is Cc1nc(S(=O)(=O)NCC[C@H](O)C(=O)O)cn1C. The van der Waals surface area contributed by atoms with Gasteiger partial charge in [-0.1, -0.05) is 0 Å². The van der Waals surface area contributed by atoms with Gasteiger partial charge in [-0.15, -0.1) is 0 Å². The standard InChI is InChI=1S/C9H15N3O5S/c1-6-11-8(5-12(6)2)18(16,17)10-4-3-7(13)9(14)15/h5,7,10,13H,3-4H2,1-2H3,(H,14,15)/t7-/m0/s1. The average Bonchev–Trinajstić information content (AvgIpc) is 2.59. The molecule has 0 aromatic carbocycles. The maximum absolute atomic E-state index is 11.7. The number of sulfonamides is 1. The molecule has 3 N–H and O–H groups in total. The molecule has 1 rings (SSSR count). The van der Waals surface area contributed by atoms with Crippen LogP contribution in [-0.2, 0) is 21.9 Å². The smallest absolute Gasteiger partial charge is 0.332 e. The maximum Gasteiger partial charge on any atom is 0.332 e. The molecule has 0 spiro atoms. The van der Waals surface area contributed by atoms with Crippen LogP contribution in [0.15, 0.2) is 11.2 Å². The third-order valence-electron chi connectivity index (χ3n) is 2.36. The molecule has 0 aliphatic rings. The minimum absolute atomic E-state index is 0.132. The van der Waals surface area contributed by atoms with Crippen molar-refractivity contribution >= 4 is 16.0 Å². The predicted octanol–water partition coefficient (Wildman–Crippen LogP) is -1.16. The van der Waals surface area contributed by atoms with Crippen LogP contribution in [0.2, 0.25) is 0 Å². The number of rotatable bonds is 6. The highest BCUT2D eigenvalue weighted by atomic mass is 32.2. The molecule has 18 heavy (non-hydrogen) atoms. The Kier molecular flexibility index (Phi) is 4.43. The van der Waals surface area contributed by atoms with E-state index in [1.165, 1.54) is 6.20 Å². The third-order valence-corrected chi connectivity index (χ3v) is 3.69. The van der Waals surface area contributed by atoms with Crippen molar-refractivity contribution in [3.8, 4) is 0 Å². The Morgan fingerprint density at radius 2 is 2.22 bits per heavy atom. The van der Waals surface area contributed by atoms with Gasteiger partial charge in [0.05, 0.1) is 0 Å². The summed E-state index contributed by atoms with van der Waals surface area (Å²) in [5.41, 5.74) is 0. The van der Waals surface area contributed by atoms with E-state index < -0.39 is 22.1 Å². The summed E-state index contributed by atoms with van der Waals surface area (Å²) in [6.07, 6.45) is -0.441. The van der Waals surface area contributed by atoms with Gasteiger partial charge in [-0.2, -0.15) is 0 Å². The molecule has 0 fully saturated rings. The van der Waals surface area contributed by atoms with Crippen molar-refractivity contribution in [1.82, 2.24) is 14.3 Å². The van der Waals surface area contributed by atoms with Gasteiger partial charge < -0.3 is 14.8 Å². The molecular formula is C9H15N3O5S. The zero-order chi connectivity index (χ0) is 13.9. The molecular weight excluding hydrogens is 262 g/mol. The highest BCUT2D eigenvalue weighted by molar-refractivity contribution is 7.89. The number of imidazole rings is 1. The summed E-state index contributed by atoms with van der Waals surface area (Å²) in [6, 6.07) is 0. The van der Waals surface area contributed by atoms with E-state index in [9.17, 15) is 13.2 Å². The lowest BCUT2D eigenvalue weighted by atomic mass is 10.3. The first-order valence-corrected chi connectivity index (χ1v) is 6.63. The molecule has 1 atom stereocenters. The Labute approximate surface area is 104 Å². The number of aliphatic hydroxyl groups excluding tert-OH is 1. The highest BCUT2D eigenvalue weighted by Gasteiger charge is 2.19. The number of carbonyl (C=O) groups is 1. The first-order valence-electron chi connectivity index (χ1n) is 5.14. The number of nitrogens with one attached hydrogen (secondary N) is 1. The summed E-state index contributed by atoms with van der Waals surface area (Å²) >= 11 is 0. The highest BCUT2D eigenvalue weighted by Crippen LogP contribution is 2.07. The quantitative estimate of drug-likeness (QED) is 0.603. The molecule has 0 aliphatic heterocycles. The van der Waals surface area contributed by atoms with Gasteiger partial charge in [-0.3, -0.25) is 0 Å². The summed E-state index contributed by atoms with van der Waals surface area (Å²) < 4.78 is 27.2. The minimum atomic E-state index is -3.77. The summed E-state index contributed by atoms with van der Waals surface area (Å²) in [4.78, 5) is 14.2. The first kappa shape index (κ1) is 14.6. The second kappa shape index (κ2) is 5.46. The summed E-state index contributed by atoms with van der Waals surface area (Å²) in [6.45, 7) is 1.48. The third kappa shape index (κ3) is 3.52. The van der Waals surface area contributed by atoms with Gasteiger partial charge >= 0.3 is 5.97 Å². The van der Waals surface area contributed by atoms with Gasteiger partial charge in [0.2, 0.25) is 0 Å². The second-order valence-corrected chi connectivity index (χ2v) is 5.49. The number of aliphatic hydroxyl groups is 1. The van der Waals surface area contributed by atoms with Crippen molar-refractivity contribution in [3.05, 3.63) is 12.0 Å². The fraction of sp³-hybridized carbons (Fsp3) is 0.556. The number of aliphatic carboxylic acids is 1. The monoisotopic (exact) mass is 277 g/mol. The van der Waals surface area contributed by atoms with Gasteiger partial charge in [-0.25, -0.2) is 22.9 Å². The second-order valence-electron chi connectivity index (χ2n) is 3.78. The maximum atomic E-state index is 11.7. The van der Waals surface area contributed by atoms with Gasteiger partial charge in [0.15, 0.2) is 11.1 Å². The Hall–Kier alpha value is -1.45. The summed E-state index contributed by atoms with van der Waals surface area (Å²) in [7, 11) is -2.11. The Morgan fingerprint density at radius 1 is 1.61 bits per heavy atom. The zero-order valence-electron chi connectivity index (χ0n) is 9.99. The van der Waals surface area contributed by atoms with Crippen LogP contribution >= 0.6 is 0 Å². The van der Waals surface area contributed by atoms with E-state index >= 15 is 0 Å². The molecule has 0 radical (unpaired) electrons. The number of aromatic nitrogens is 2. The van der Waals surface area contributed by atoms with Crippen LogP contribution in [0.3, 0.4) is 0 Å². The zero-order valence-corrected chi connectivity index (χ0v) is 10.8. The molecule has 0 saturated heterocycles. The molecule has 0 aliphatic carbocycles. The van der Waals surface area contributed by atoms with Crippen molar-refractivity contribution in [3.63, 3.8) is 0 Å². The molecule has 1 heterocycles. The lowest BCUT2D eigenvalue weighted by Crippen LogP contribution is -2.30. The summed E-state index contributed by atoms with van der Waals surface area (Å²) in [5.74, 6) is -0.844. The lowest BCUT2D eigenvalue weighted by molar-refractivity contribution is -0.146. The van der Waals surface area contributed by atoms with Crippen LogP contribution in [0.25, 0.3) is 0 Å². The van der Waals surface area contributed by atoms with Crippen molar-refractivity contribution < 1.29 is 23.4 Å². The largest absolute Gasteiger partial charge is 0.479 e. The van der Waals surface area contributed by atoms with E-state index in [1.807, 2.05) is 0 Å². The number of aryl methyl sites for hydroxylation is 2. The number of hydrogen-bond donors (Lipinski definition) is 3. The van der Waals surface area contributed by atoms with Crippen molar-refractivity contribution in [2.45, 2.75) is 24.5 Å². The molecule has 0 amide bonds. The Morgan fingerprint density at radius 3 is 2.67 bits per heavy atom. The summed E-state index contributed by atoms with van der Waals surface area (Å²) in [5, 5.41) is 17.3. The van der Waals surface area contributed by atoms with Gasteiger partial charge in [0, 0.05) is 19.8 Å². The molecule has 0 saturated carbocycles. The first-order chi connectivity index (χ1) is 8.24. The van der Waals surface area contributed by atoms with E-state index in [0.29, 0.717) is 5.82 Å². The van der Waals surface area contributed by atoms with Gasteiger partial charge in [-0.05, 0) is 13.3 Å². The van der Waals surface area contributed by atoms with Crippen molar-refractivity contribution in [2.24, 2.45) is 7.05 Å². The molecule has 1 aromatic heterocycles. The van der Waals surface area contributed by atoms with E-state index in [2.05, 4.69) is 9.71 Å². The van der Waals surface area contributed by atoms with E-state index in [4.69, 9.17) is 10.2 Å². The number of nitrogens with zero attached hydrogens (tertiary/aromatic N) is 2. The van der Waals surface area contributed by atoms with E-state index in [0.717, 1.165) is 0 Å². The Balaban J connectivity index is 2.63. The van der Waals surface area contributed by atoms with Crippen molar-refractivity contribution in [2.75, 3.05) is 6.54 Å². The molecule has 0 unspecified atom stereocenters. The molecule has 8 nitrogen and oxygen atoms in total. The van der Waals surface area contributed by atoms with Crippen LogP contribution in [0.1, 0.15) is 12.2 Å². The Bertz CT molecular complexity index is 517. The van der Waals surface area contributed by atoms with Crippen LogP contribution in [0.5, 0.6) is 0 Å². The number of hydrogen-bond acceptors (Lipinski definition) is 5. The van der Waals surface area contributed by atoms with Gasteiger partial charge in [0.1, 0.15) is 5.82 Å². The molecule has 0 bridgehead atoms. The van der Waals surface area contributed by atoms with Crippen LogP contribution < -0.4 is 4.72 Å². The number of carboxylic acids is 1. The lowest BCUT2D eigenvalue weighted by Gasteiger charge is -2.06. The van der Waals surface area contributed by atoms with Crippen molar-refractivity contribution in [1.29, 1.82) is 0 Å². The van der Waals surface area contributed by atoms with Crippen LogP contribution in [0.4, 0.5) is 0 Å². The van der Waals surface area contributed by atoms with E-state index in [1.54, 1.807) is 18.5 Å². The normalized spacial score (nSPS) is 13.5. The van der Waals surface area contributed by atoms with Gasteiger partial charge in [0.25, 0.3) is 10.0 Å². The van der Waals surface area contributed by atoms with Crippen LogP contribution in [-0.4, -0.2) is 46.8 Å². The number of carboxylic acid groups (broad SMARTS) is 1.